The van der Waals surface area contributed by atoms with Gasteiger partial charge in [-0.2, -0.15) is 0 Å². The first-order chi connectivity index (χ1) is 9.19. The second-order valence-electron chi connectivity index (χ2n) is 4.98. The lowest BCUT2D eigenvalue weighted by molar-refractivity contribution is 0.0702. The van der Waals surface area contributed by atoms with Crippen LogP contribution in [0.1, 0.15) is 23.3 Å². The molecule has 19 heavy (non-hydrogen) atoms. The predicted octanol–water partition coefficient (Wildman–Crippen LogP) is 1.35. The van der Waals surface area contributed by atoms with Gasteiger partial charge in [0, 0.05) is 29.2 Å². The van der Waals surface area contributed by atoms with Gasteiger partial charge in [-0.3, -0.25) is 4.79 Å². The van der Waals surface area contributed by atoms with Crippen LogP contribution in [0.15, 0.2) is 24.3 Å². The molecule has 1 aromatic carbocycles. The van der Waals surface area contributed by atoms with Gasteiger partial charge in [0.25, 0.3) is 5.91 Å². The third-order valence-corrected chi connectivity index (χ3v) is 3.46. The molecule has 1 aliphatic carbocycles. The maximum absolute atomic E-state index is 12.4. The largest absolute Gasteiger partial charge is 0.399 e. The van der Waals surface area contributed by atoms with Crippen molar-refractivity contribution in [3.63, 3.8) is 0 Å². The number of nitrogen functional groups attached to an aromatic ring is 1. The van der Waals surface area contributed by atoms with Crippen molar-refractivity contribution >= 4 is 22.5 Å². The number of H-pyrrole nitrogens is 1. The summed E-state index contributed by atoms with van der Waals surface area (Å²) in [6, 6.07) is 7.63. The number of aliphatic hydroxyl groups is 1. The standard InChI is InChI=1S/C14H17N3O2/c15-10-1-4-12-9(7-10)8-13(16-12)14(19)17(5-6-18)11-2-3-11/h1,4,7-8,11,16,18H,2-3,5-6,15H2. The molecule has 0 bridgehead atoms. The number of hydrogen-bond donors (Lipinski definition) is 3. The fourth-order valence-electron chi connectivity index (χ4n) is 2.36. The van der Waals surface area contributed by atoms with E-state index in [2.05, 4.69) is 4.98 Å². The van der Waals surface area contributed by atoms with Crippen LogP contribution < -0.4 is 5.73 Å². The number of aliphatic hydroxyl groups excluding tert-OH is 1. The zero-order valence-corrected chi connectivity index (χ0v) is 10.6. The number of aromatic nitrogens is 1. The number of anilines is 1. The van der Waals surface area contributed by atoms with Crippen LogP contribution in [-0.4, -0.2) is 40.1 Å². The van der Waals surface area contributed by atoms with Gasteiger partial charge < -0.3 is 20.7 Å². The smallest absolute Gasteiger partial charge is 0.270 e. The normalized spacial score (nSPS) is 14.8. The van der Waals surface area contributed by atoms with Gasteiger partial charge >= 0.3 is 0 Å². The summed E-state index contributed by atoms with van der Waals surface area (Å²) in [6.45, 7) is 0.385. The molecule has 0 spiro atoms. The van der Waals surface area contributed by atoms with Crippen molar-refractivity contribution in [2.24, 2.45) is 0 Å². The SMILES string of the molecule is Nc1ccc2[nH]c(C(=O)N(CCO)C3CC3)cc2c1. The Kier molecular flexibility index (Phi) is 2.91. The number of amides is 1. The molecule has 2 aromatic rings. The lowest BCUT2D eigenvalue weighted by atomic mass is 10.2. The molecule has 4 N–H and O–H groups in total. The van der Waals surface area contributed by atoms with E-state index in [-0.39, 0.29) is 18.6 Å². The van der Waals surface area contributed by atoms with E-state index in [9.17, 15) is 4.79 Å². The van der Waals surface area contributed by atoms with E-state index in [0.717, 1.165) is 23.7 Å². The highest BCUT2D eigenvalue weighted by Crippen LogP contribution is 2.28. The van der Waals surface area contributed by atoms with Gasteiger partial charge in [-0.25, -0.2) is 0 Å². The minimum absolute atomic E-state index is 0.00455. The number of rotatable bonds is 4. The average Bonchev–Trinajstić information content (AvgIpc) is 3.14. The zero-order chi connectivity index (χ0) is 13.4. The molecule has 5 heteroatoms. The van der Waals surface area contributed by atoms with Crippen molar-refractivity contribution in [2.45, 2.75) is 18.9 Å². The van der Waals surface area contributed by atoms with Gasteiger partial charge in [0.15, 0.2) is 0 Å². The molecule has 5 nitrogen and oxygen atoms in total. The van der Waals surface area contributed by atoms with Gasteiger partial charge in [0.2, 0.25) is 0 Å². The molecule has 0 radical (unpaired) electrons. The second kappa shape index (κ2) is 4.59. The van der Waals surface area contributed by atoms with Gasteiger partial charge in [0.05, 0.1) is 6.61 Å². The number of benzene rings is 1. The lowest BCUT2D eigenvalue weighted by Crippen LogP contribution is -2.35. The highest BCUT2D eigenvalue weighted by Gasteiger charge is 2.33. The molecule has 1 amide bonds. The average molecular weight is 259 g/mol. The third-order valence-electron chi connectivity index (χ3n) is 3.46. The van der Waals surface area contributed by atoms with Crippen LogP contribution in [0.4, 0.5) is 5.69 Å². The van der Waals surface area contributed by atoms with E-state index in [1.807, 2.05) is 18.2 Å². The summed E-state index contributed by atoms with van der Waals surface area (Å²) in [7, 11) is 0. The van der Waals surface area contributed by atoms with E-state index in [4.69, 9.17) is 10.8 Å². The first-order valence-corrected chi connectivity index (χ1v) is 6.49. The van der Waals surface area contributed by atoms with Crippen LogP contribution in [0.2, 0.25) is 0 Å². The molecule has 3 rings (SSSR count). The Morgan fingerprint density at radius 1 is 1.42 bits per heavy atom. The maximum atomic E-state index is 12.4. The first-order valence-electron chi connectivity index (χ1n) is 6.49. The summed E-state index contributed by atoms with van der Waals surface area (Å²) >= 11 is 0. The lowest BCUT2D eigenvalue weighted by Gasteiger charge is -2.20. The molecule has 0 unspecified atom stereocenters. The molecule has 100 valence electrons. The Morgan fingerprint density at radius 3 is 2.89 bits per heavy atom. The Labute approximate surface area is 111 Å². The molecule has 1 aliphatic rings. The highest BCUT2D eigenvalue weighted by molar-refractivity contribution is 5.98. The molecular formula is C14H17N3O2. The van der Waals surface area contributed by atoms with Crippen molar-refractivity contribution in [1.29, 1.82) is 0 Å². The molecular weight excluding hydrogens is 242 g/mol. The summed E-state index contributed by atoms with van der Waals surface area (Å²) in [6.07, 6.45) is 2.05. The molecule has 0 atom stereocenters. The van der Waals surface area contributed by atoms with Gasteiger partial charge in [-0.1, -0.05) is 0 Å². The van der Waals surface area contributed by atoms with Crippen molar-refractivity contribution in [3.8, 4) is 0 Å². The number of carbonyl (C=O) groups is 1. The summed E-state index contributed by atoms with van der Waals surface area (Å²) in [5.41, 5.74) is 7.87. The van der Waals surface area contributed by atoms with Crippen LogP contribution in [0.3, 0.4) is 0 Å². The Morgan fingerprint density at radius 2 is 2.21 bits per heavy atom. The minimum atomic E-state index is -0.0497. The van der Waals surface area contributed by atoms with E-state index >= 15 is 0 Å². The minimum Gasteiger partial charge on any atom is -0.399 e. The number of hydrogen-bond acceptors (Lipinski definition) is 3. The zero-order valence-electron chi connectivity index (χ0n) is 10.6. The summed E-state index contributed by atoms with van der Waals surface area (Å²) in [5.74, 6) is -0.0497. The van der Waals surface area contributed by atoms with E-state index in [0.29, 0.717) is 17.9 Å². The van der Waals surface area contributed by atoms with Crippen LogP contribution in [0.25, 0.3) is 10.9 Å². The number of fused-ring (bicyclic) bond motifs is 1. The van der Waals surface area contributed by atoms with Crippen LogP contribution in [0, 0.1) is 0 Å². The van der Waals surface area contributed by atoms with Gasteiger partial charge in [-0.15, -0.1) is 0 Å². The molecule has 1 saturated carbocycles. The summed E-state index contributed by atoms with van der Waals surface area (Å²) in [5, 5.41) is 10.00. The second-order valence-corrected chi connectivity index (χ2v) is 4.98. The van der Waals surface area contributed by atoms with Crippen molar-refractivity contribution in [3.05, 3.63) is 30.0 Å². The predicted molar refractivity (Wildman–Crippen MR) is 73.9 cm³/mol. The molecule has 1 aromatic heterocycles. The Bertz CT molecular complexity index is 616. The summed E-state index contributed by atoms with van der Waals surface area (Å²) < 4.78 is 0. The van der Waals surface area contributed by atoms with Crippen LogP contribution in [0.5, 0.6) is 0 Å². The van der Waals surface area contributed by atoms with Gasteiger partial charge in [-0.05, 0) is 37.1 Å². The fourth-order valence-corrected chi connectivity index (χ4v) is 2.36. The number of aromatic amines is 1. The molecule has 0 aliphatic heterocycles. The third kappa shape index (κ3) is 2.29. The number of nitrogens with two attached hydrogens (primary N) is 1. The number of carbonyl (C=O) groups excluding carboxylic acids is 1. The van der Waals surface area contributed by atoms with E-state index < -0.39 is 0 Å². The Balaban J connectivity index is 1.91. The highest BCUT2D eigenvalue weighted by atomic mass is 16.3. The molecule has 0 saturated heterocycles. The Hall–Kier alpha value is -2.01. The van der Waals surface area contributed by atoms with Crippen LogP contribution in [-0.2, 0) is 0 Å². The monoisotopic (exact) mass is 259 g/mol. The summed E-state index contributed by atoms with van der Waals surface area (Å²) in [4.78, 5) is 17.3. The number of nitrogens with zero attached hydrogens (tertiary/aromatic N) is 1. The quantitative estimate of drug-likeness (QED) is 0.725. The molecule has 1 heterocycles. The van der Waals surface area contributed by atoms with E-state index in [1.54, 1.807) is 11.0 Å². The van der Waals surface area contributed by atoms with Gasteiger partial charge in [0.1, 0.15) is 5.69 Å². The topological polar surface area (TPSA) is 82.4 Å². The van der Waals surface area contributed by atoms with Crippen molar-refractivity contribution in [1.82, 2.24) is 9.88 Å². The van der Waals surface area contributed by atoms with Crippen molar-refractivity contribution in [2.75, 3.05) is 18.9 Å². The van der Waals surface area contributed by atoms with Crippen molar-refractivity contribution < 1.29 is 9.90 Å². The van der Waals surface area contributed by atoms with E-state index in [1.165, 1.54) is 0 Å². The fraction of sp³-hybridized carbons (Fsp3) is 0.357. The molecule has 1 fully saturated rings. The maximum Gasteiger partial charge on any atom is 0.270 e. The van der Waals surface area contributed by atoms with Crippen LogP contribution >= 0.6 is 0 Å². The number of nitrogens with one attached hydrogen (secondary N) is 1. The first kappa shape index (κ1) is 12.0.